The fourth-order valence-electron chi connectivity index (χ4n) is 1.79. The van der Waals surface area contributed by atoms with Crippen LogP contribution < -0.4 is 11.1 Å². The first kappa shape index (κ1) is 13.7. The molecule has 96 valence electrons. The molecule has 5 nitrogen and oxygen atoms in total. The third-order valence-corrected chi connectivity index (χ3v) is 2.79. The third-order valence-electron chi connectivity index (χ3n) is 2.79. The molecule has 3 N–H and O–H groups in total. The summed E-state index contributed by atoms with van der Waals surface area (Å²) in [6.07, 6.45) is 3.55. The van der Waals surface area contributed by atoms with Crippen LogP contribution in [0.25, 0.3) is 0 Å². The Morgan fingerprint density at radius 1 is 1.65 bits per heavy atom. The van der Waals surface area contributed by atoms with Crippen LogP contribution in [0, 0.1) is 12.8 Å². The fraction of sp³-hybridized carbons (Fsp3) is 0.667. The molecule has 0 radical (unpaired) electrons. The number of carbonyl (C=O) groups excluding carboxylic acids is 1. The average molecular weight is 238 g/mol. The summed E-state index contributed by atoms with van der Waals surface area (Å²) in [4.78, 5) is 11.8. The monoisotopic (exact) mass is 238 g/mol. The van der Waals surface area contributed by atoms with Crippen molar-refractivity contribution in [3.05, 3.63) is 17.5 Å². The zero-order valence-electron chi connectivity index (χ0n) is 10.9. The van der Waals surface area contributed by atoms with Gasteiger partial charge in [-0.15, -0.1) is 0 Å². The highest BCUT2D eigenvalue weighted by molar-refractivity contribution is 5.79. The molecule has 0 aliphatic rings. The molecule has 0 spiro atoms. The van der Waals surface area contributed by atoms with E-state index in [-0.39, 0.29) is 11.8 Å². The minimum absolute atomic E-state index is 0.0394. The van der Waals surface area contributed by atoms with E-state index < -0.39 is 0 Å². The number of nitrogens with one attached hydrogen (secondary N) is 1. The van der Waals surface area contributed by atoms with Crippen molar-refractivity contribution in [1.82, 2.24) is 15.1 Å². The van der Waals surface area contributed by atoms with Crippen molar-refractivity contribution in [3.8, 4) is 0 Å². The summed E-state index contributed by atoms with van der Waals surface area (Å²) in [6.45, 7) is 5.06. The highest BCUT2D eigenvalue weighted by atomic mass is 16.1. The van der Waals surface area contributed by atoms with Crippen LogP contribution in [-0.4, -0.2) is 28.8 Å². The van der Waals surface area contributed by atoms with Gasteiger partial charge >= 0.3 is 0 Å². The van der Waals surface area contributed by atoms with Crippen LogP contribution >= 0.6 is 0 Å². The van der Waals surface area contributed by atoms with E-state index in [2.05, 4.69) is 10.4 Å². The van der Waals surface area contributed by atoms with Gasteiger partial charge in [0.1, 0.15) is 0 Å². The summed E-state index contributed by atoms with van der Waals surface area (Å²) in [7, 11) is 1.88. The molecule has 0 bridgehead atoms. The number of nitrogens with zero attached hydrogens (tertiary/aromatic N) is 2. The maximum atomic E-state index is 11.8. The Kier molecular flexibility index (Phi) is 5.15. The highest BCUT2D eigenvalue weighted by Gasteiger charge is 2.18. The second-order valence-corrected chi connectivity index (χ2v) is 4.34. The van der Waals surface area contributed by atoms with E-state index in [0.717, 1.165) is 17.7 Å². The van der Waals surface area contributed by atoms with Gasteiger partial charge < -0.3 is 11.1 Å². The largest absolute Gasteiger partial charge is 0.356 e. The number of nitrogens with two attached hydrogens (primary N) is 1. The van der Waals surface area contributed by atoms with Gasteiger partial charge in [-0.05, 0) is 25.3 Å². The molecule has 17 heavy (non-hydrogen) atoms. The Morgan fingerprint density at radius 2 is 2.35 bits per heavy atom. The fourth-order valence-corrected chi connectivity index (χ4v) is 1.79. The van der Waals surface area contributed by atoms with Gasteiger partial charge in [-0.2, -0.15) is 5.10 Å². The molecule has 0 saturated heterocycles. The SMILES string of the molecule is CCCNC(=O)C(CN)Cc1cn(C)nc1C. The summed E-state index contributed by atoms with van der Waals surface area (Å²) in [5, 5.41) is 7.15. The second-order valence-electron chi connectivity index (χ2n) is 4.34. The number of aromatic nitrogens is 2. The lowest BCUT2D eigenvalue weighted by Gasteiger charge is -2.13. The van der Waals surface area contributed by atoms with Crippen LogP contribution in [0.3, 0.4) is 0 Å². The maximum Gasteiger partial charge on any atom is 0.224 e. The van der Waals surface area contributed by atoms with Gasteiger partial charge in [0.2, 0.25) is 5.91 Å². The first-order valence-electron chi connectivity index (χ1n) is 6.05. The van der Waals surface area contributed by atoms with Crippen molar-refractivity contribution < 1.29 is 4.79 Å². The first-order valence-corrected chi connectivity index (χ1v) is 6.05. The molecule has 1 atom stereocenters. The molecule has 0 aliphatic carbocycles. The van der Waals surface area contributed by atoms with Gasteiger partial charge in [-0.1, -0.05) is 6.92 Å². The normalized spacial score (nSPS) is 12.5. The molecular weight excluding hydrogens is 216 g/mol. The Morgan fingerprint density at radius 3 is 2.82 bits per heavy atom. The van der Waals surface area contributed by atoms with Crippen molar-refractivity contribution in [2.75, 3.05) is 13.1 Å². The maximum absolute atomic E-state index is 11.8. The average Bonchev–Trinajstić information content (AvgIpc) is 2.61. The molecule has 0 fully saturated rings. The lowest BCUT2D eigenvalue weighted by molar-refractivity contribution is -0.124. The quantitative estimate of drug-likeness (QED) is 0.752. The lowest BCUT2D eigenvalue weighted by atomic mass is 9.99. The van der Waals surface area contributed by atoms with Crippen molar-refractivity contribution >= 4 is 5.91 Å². The molecule has 0 aromatic carbocycles. The van der Waals surface area contributed by atoms with E-state index in [9.17, 15) is 4.79 Å². The van der Waals surface area contributed by atoms with Crippen LogP contribution in [0.2, 0.25) is 0 Å². The Hall–Kier alpha value is -1.36. The molecule has 0 aliphatic heterocycles. The number of aryl methyl sites for hydroxylation is 2. The molecule has 1 aromatic rings. The van der Waals surface area contributed by atoms with Crippen LogP contribution in [0.1, 0.15) is 24.6 Å². The molecule has 5 heteroatoms. The lowest BCUT2D eigenvalue weighted by Crippen LogP contribution is -2.36. The number of hydrogen-bond acceptors (Lipinski definition) is 3. The number of hydrogen-bond donors (Lipinski definition) is 2. The van der Waals surface area contributed by atoms with Crippen molar-refractivity contribution in [2.45, 2.75) is 26.7 Å². The van der Waals surface area contributed by atoms with Gasteiger partial charge in [0.25, 0.3) is 0 Å². The Balaban J connectivity index is 2.63. The highest BCUT2D eigenvalue weighted by Crippen LogP contribution is 2.11. The van der Waals surface area contributed by atoms with E-state index in [0.29, 0.717) is 19.5 Å². The van der Waals surface area contributed by atoms with Crippen LogP contribution in [0.15, 0.2) is 6.20 Å². The standard InChI is InChI=1S/C12H22N4O/c1-4-5-14-12(17)10(7-13)6-11-8-16(3)15-9(11)2/h8,10H,4-7,13H2,1-3H3,(H,14,17). The van der Waals surface area contributed by atoms with E-state index in [1.54, 1.807) is 4.68 Å². The van der Waals surface area contributed by atoms with E-state index in [4.69, 9.17) is 5.73 Å². The summed E-state index contributed by atoms with van der Waals surface area (Å²) in [6, 6.07) is 0. The molecule has 1 heterocycles. The zero-order chi connectivity index (χ0) is 12.8. The Labute approximate surface area is 102 Å². The van der Waals surface area contributed by atoms with Gasteiger partial charge in [-0.25, -0.2) is 0 Å². The van der Waals surface area contributed by atoms with Crippen LogP contribution in [0.4, 0.5) is 0 Å². The molecule has 1 aromatic heterocycles. The van der Waals surface area contributed by atoms with E-state index >= 15 is 0 Å². The van der Waals surface area contributed by atoms with Gasteiger partial charge in [0.05, 0.1) is 11.6 Å². The van der Waals surface area contributed by atoms with Crippen LogP contribution in [-0.2, 0) is 18.3 Å². The summed E-state index contributed by atoms with van der Waals surface area (Å²) < 4.78 is 1.77. The number of rotatable bonds is 6. The smallest absolute Gasteiger partial charge is 0.224 e. The summed E-state index contributed by atoms with van der Waals surface area (Å²) in [5.41, 5.74) is 7.72. The van der Waals surface area contributed by atoms with E-state index in [1.165, 1.54) is 0 Å². The summed E-state index contributed by atoms with van der Waals surface area (Å²) in [5.74, 6) is -0.123. The minimum Gasteiger partial charge on any atom is -0.356 e. The van der Waals surface area contributed by atoms with Crippen molar-refractivity contribution in [2.24, 2.45) is 18.7 Å². The van der Waals surface area contributed by atoms with Crippen molar-refractivity contribution in [1.29, 1.82) is 0 Å². The topological polar surface area (TPSA) is 72.9 Å². The summed E-state index contributed by atoms with van der Waals surface area (Å²) >= 11 is 0. The molecular formula is C12H22N4O. The number of carbonyl (C=O) groups is 1. The van der Waals surface area contributed by atoms with Gasteiger partial charge in [-0.3, -0.25) is 9.48 Å². The second kappa shape index (κ2) is 6.39. The molecule has 0 saturated carbocycles. The zero-order valence-corrected chi connectivity index (χ0v) is 10.9. The predicted octanol–water partition coefficient (Wildman–Crippen LogP) is 0.372. The molecule has 1 amide bonds. The molecule has 1 rings (SSSR count). The number of amides is 1. The predicted molar refractivity (Wildman–Crippen MR) is 67.5 cm³/mol. The van der Waals surface area contributed by atoms with Crippen LogP contribution in [0.5, 0.6) is 0 Å². The van der Waals surface area contributed by atoms with Gasteiger partial charge in [0, 0.05) is 26.3 Å². The third kappa shape index (κ3) is 3.85. The van der Waals surface area contributed by atoms with E-state index in [1.807, 2.05) is 27.1 Å². The minimum atomic E-state index is -0.163. The first-order chi connectivity index (χ1) is 8.08. The van der Waals surface area contributed by atoms with Gasteiger partial charge in [0.15, 0.2) is 0 Å². The Bertz CT molecular complexity index is 373. The molecule has 1 unspecified atom stereocenters. The van der Waals surface area contributed by atoms with Crippen molar-refractivity contribution in [3.63, 3.8) is 0 Å².